The quantitative estimate of drug-likeness (QED) is 0.272. The summed E-state index contributed by atoms with van der Waals surface area (Å²) < 4.78 is 8.48. The van der Waals surface area contributed by atoms with E-state index in [9.17, 15) is 5.26 Å². The molecule has 3 aromatic carbocycles. The van der Waals surface area contributed by atoms with Gasteiger partial charge in [0, 0.05) is 28.5 Å². The van der Waals surface area contributed by atoms with Crippen molar-refractivity contribution in [1.82, 2.24) is 4.98 Å². The number of aromatic nitrogens is 2. The zero-order valence-electron chi connectivity index (χ0n) is 19.5. The fraction of sp³-hybridized carbons (Fsp3) is 0.0645. The van der Waals surface area contributed by atoms with Crippen molar-refractivity contribution in [2.75, 3.05) is 0 Å². The summed E-state index contributed by atoms with van der Waals surface area (Å²) in [4.78, 5) is 4.90. The summed E-state index contributed by atoms with van der Waals surface area (Å²) in [5, 5.41) is 11.6. The highest BCUT2D eigenvalue weighted by atomic mass is 16.3. The van der Waals surface area contributed by atoms with Crippen LogP contribution in [0.25, 0.3) is 55.7 Å². The molecule has 0 unspecified atom stereocenters. The molecule has 4 heteroatoms. The van der Waals surface area contributed by atoms with Crippen LogP contribution in [-0.2, 0) is 7.05 Å². The summed E-state index contributed by atoms with van der Waals surface area (Å²) in [6, 6.07) is 33.1. The Hall–Kier alpha value is -4.75. The van der Waals surface area contributed by atoms with E-state index in [4.69, 9.17) is 9.40 Å². The number of nitrogens with zero attached hydrogens (tertiary/aromatic N) is 3. The summed E-state index contributed by atoms with van der Waals surface area (Å²) in [5.41, 5.74) is 8.96. The number of fused-ring (bicyclic) bond motifs is 3. The van der Waals surface area contributed by atoms with Gasteiger partial charge in [0.25, 0.3) is 0 Å². The van der Waals surface area contributed by atoms with E-state index in [1.54, 1.807) is 0 Å². The molecule has 0 atom stereocenters. The van der Waals surface area contributed by atoms with Gasteiger partial charge in [0.1, 0.15) is 7.05 Å². The van der Waals surface area contributed by atoms with Crippen LogP contribution in [-0.4, -0.2) is 4.98 Å². The second-order valence-electron chi connectivity index (χ2n) is 8.73. The first kappa shape index (κ1) is 20.8. The maximum Gasteiger partial charge on any atom is 0.227 e. The molecule has 3 heterocycles. The molecule has 166 valence electrons. The summed E-state index contributed by atoms with van der Waals surface area (Å²) in [5.74, 6) is 0. The molecule has 3 aromatic heterocycles. The van der Waals surface area contributed by atoms with Crippen molar-refractivity contribution in [2.45, 2.75) is 6.92 Å². The largest absolute Gasteiger partial charge is 0.437 e. The van der Waals surface area contributed by atoms with Crippen molar-refractivity contribution in [2.24, 2.45) is 7.05 Å². The summed E-state index contributed by atoms with van der Waals surface area (Å²) in [7, 11) is 2.01. The van der Waals surface area contributed by atoms with Gasteiger partial charge in [-0.25, -0.2) is 9.55 Å². The minimum Gasteiger partial charge on any atom is -0.437 e. The van der Waals surface area contributed by atoms with Gasteiger partial charge in [-0.2, -0.15) is 5.26 Å². The molecule has 0 saturated heterocycles. The minimum atomic E-state index is 0.532. The number of furan rings is 1. The third kappa shape index (κ3) is 3.46. The highest BCUT2D eigenvalue weighted by Crippen LogP contribution is 2.39. The maximum atomic E-state index is 9.91. The van der Waals surface area contributed by atoms with Crippen LogP contribution < -0.4 is 4.57 Å². The molecule has 0 aliphatic carbocycles. The molecule has 4 nitrogen and oxygen atoms in total. The van der Waals surface area contributed by atoms with E-state index in [1.165, 1.54) is 0 Å². The summed E-state index contributed by atoms with van der Waals surface area (Å²) in [6.45, 7) is 2.02. The van der Waals surface area contributed by atoms with Crippen molar-refractivity contribution in [3.8, 4) is 39.7 Å². The molecular weight excluding hydrogens is 430 g/mol. The lowest BCUT2D eigenvalue weighted by Crippen LogP contribution is -2.30. The monoisotopic (exact) mass is 452 g/mol. The van der Waals surface area contributed by atoms with Crippen molar-refractivity contribution in [3.05, 3.63) is 108 Å². The number of nitriles is 1. The summed E-state index contributed by atoms with van der Waals surface area (Å²) >= 11 is 0. The van der Waals surface area contributed by atoms with Crippen molar-refractivity contribution in [3.63, 3.8) is 0 Å². The molecule has 0 amide bonds. The van der Waals surface area contributed by atoms with Gasteiger partial charge in [-0.05, 0) is 53.9 Å². The third-order valence-corrected chi connectivity index (χ3v) is 6.50. The van der Waals surface area contributed by atoms with Gasteiger partial charge in [-0.15, -0.1) is 0 Å². The van der Waals surface area contributed by atoms with Crippen LogP contribution in [0.1, 0.15) is 11.1 Å². The summed E-state index contributed by atoms with van der Waals surface area (Å²) in [6.07, 6.45) is 2.01. The van der Waals surface area contributed by atoms with Gasteiger partial charge in [0.2, 0.25) is 11.4 Å². The second kappa shape index (κ2) is 8.23. The Balaban J connectivity index is 1.57. The SMILES string of the molecule is Cc1cc(C#N)c2c(oc3nc(-c4cccc(-c5ccccc5)c4)ccc32)c1-c1cccc[n+]1C. The number of aryl methyl sites for hydroxylation is 2. The second-order valence-corrected chi connectivity index (χ2v) is 8.73. The van der Waals surface area contributed by atoms with Crippen LogP contribution in [0.3, 0.4) is 0 Å². The van der Waals surface area contributed by atoms with Crippen LogP contribution >= 0.6 is 0 Å². The normalized spacial score (nSPS) is 11.1. The van der Waals surface area contributed by atoms with E-state index < -0.39 is 0 Å². The van der Waals surface area contributed by atoms with Crippen LogP contribution in [0.15, 0.2) is 102 Å². The minimum absolute atomic E-state index is 0.532. The fourth-order valence-electron chi connectivity index (χ4n) is 4.80. The lowest BCUT2D eigenvalue weighted by atomic mass is 9.96. The molecule has 0 aliphatic rings. The topological polar surface area (TPSA) is 53.7 Å². The van der Waals surface area contributed by atoms with E-state index in [2.05, 4.69) is 47.0 Å². The highest BCUT2D eigenvalue weighted by molar-refractivity contribution is 6.11. The Labute approximate surface area is 203 Å². The van der Waals surface area contributed by atoms with Gasteiger partial charge in [0.05, 0.1) is 22.9 Å². The van der Waals surface area contributed by atoms with Crippen LogP contribution in [0.2, 0.25) is 0 Å². The third-order valence-electron chi connectivity index (χ3n) is 6.50. The molecule has 35 heavy (non-hydrogen) atoms. The first-order chi connectivity index (χ1) is 17.1. The van der Waals surface area contributed by atoms with Crippen molar-refractivity contribution in [1.29, 1.82) is 5.26 Å². The van der Waals surface area contributed by atoms with Crippen LogP contribution in [0.4, 0.5) is 0 Å². The molecule has 0 spiro atoms. The van der Waals surface area contributed by atoms with Gasteiger partial charge >= 0.3 is 0 Å². The zero-order chi connectivity index (χ0) is 23.9. The van der Waals surface area contributed by atoms with Gasteiger partial charge < -0.3 is 4.42 Å². The highest BCUT2D eigenvalue weighted by Gasteiger charge is 2.23. The van der Waals surface area contributed by atoms with Gasteiger partial charge in [0.15, 0.2) is 11.8 Å². The Morgan fingerprint density at radius 2 is 1.60 bits per heavy atom. The molecule has 0 fully saturated rings. The number of pyridine rings is 2. The average molecular weight is 453 g/mol. The predicted molar refractivity (Wildman–Crippen MR) is 138 cm³/mol. The predicted octanol–water partition coefficient (Wildman–Crippen LogP) is 6.99. The fourth-order valence-corrected chi connectivity index (χ4v) is 4.80. The van der Waals surface area contributed by atoms with E-state index in [1.807, 2.05) is 74.8 Å². The number of rotatable bonds is 3. The molecule has 0 bridgehead atoms. The number of benzene rings is 3. The van der Waals surface area contributed by atoms with E-state index in [-0.39, 0.29) is 0 Å². The molecule has 0 aliphatic heterocycles. The Bertz CT molecular complexity index is 1780. The van der Waals surface area contributed by atoms with Crippen molar-refractivity contribution >= 4 is 22.1 Å². The zero-order valence-corrected chi connectivity index (χ0v) is 19.5. The van der Waals surface area contributed by atoms with Crippen molar-refractivity contribution < 1.29 is 8.98 Å². The Kier molecular flexibility index (Phi) is 4.90. The molecule has 6 rings (SSSR count). The molecule has 6 aromatic rings. The first-order valence-corrected chi connectivity index (χ1v) is 11.5. The number of hydrogen-bond acceptors (Lipinski definition) is 3. The van der Waals surface area contributed by atoms with Crippen LogP contribution in [0, 0.1) is 18.3 Å². The lowest BCUT2D eigenvalue weighted by molar-refractivity contribution is -0.660. The average Bonchev–Trinajstić information content (AvgIpc) is 3.28. The van der Waals surface area contributed by atoms with E-state index >= 15 is 0 Å². The standard InChI is InChI=1S/C31H22N3O/c1-20-17-24(19-32)29-25-14-15-26(23-12-8-11-22(18-23)21-9-4-3-5-10-21)33-31(25)35-30(29)28(20)27-13-6-7-16-34(27)2/h3-18H,1-2H3/q+1. The van der Waals surface area contributed by atoms with E-state index in [0.717, 1.165) is 50.0 Å². The van der Waals surface area contributed by atoms with Crippen LogP contribution in [0.5, 0.6) is 0 Å². The molecule has 0 saturated carbocycles. The molecule has 0 N–H and O–H groups in total. The molecular formula is C31H22N3O+. The first-order valence-electron chi connectivity index (χ1n) is 11.5. The van der Waals surface area contributed by atoms with Gasteiger partial charge in [-0.1, -0.05) is 48.5 Å². The Morgan fingerprint density at radius 3 is 2.40 bits per heavy atom. The molecule has 0 radical (unpaired) electrons. The smallest absolute Gasteiger partial charge is 0.227 e. The van der Waals surface area contributed by atoms with Gasteiger partial charge in [-0.3, -0.25) is 0 Å². The Morgan fingerprint density at radius 1 is 0.829 bits per heavy atom. The lowest BCUT2D eigenvalue weighted by Gasteiger charge is -2.06. The number of hydrogen-bond donors (Lipinski definition) is 0. The van der Waals surface area contributed by atoms with E-state index in [0.29, 0.717) is 16.9 Å². The maximum absolute atomic E-state index is 9.91.